The zero-order valence-electron chi connectivity index (χ0n) is 21.7. The van der Waals surface area contributed by atoms with Gasteiger partial charge in [0.1, 0.15) is 17.2 Å². The molecule has 9 heteroatoms. The monoisotopic (exact) mass is 518 g/mol. The van der Waals surface area contributed by atoms with E-state index < -0.39 is 47.4 Å². The Balaban J connectivity index is 1.80. The number of ether oxygens (including phenoxy) is 2. The molecule has 2 N–H and O–H groups in total. The highest BCUT2D eigenvalue weighted by Gasteiger charge is 2.41. The third-order valence-corrected chi connectivity index (χ3v) is 6.11. The number of nitrogens with one attached hydrogen (secondary N) is 1. The highest BCUT2D eigenvalue weighted by Crippen LogP contribution is 2.27. The summed E-state index contributed by atoms with van der Waals surface area (Å²) in [7, 11) is 0. The number of carbonyl (C=O) groups is 2. The topological polar surface area (TPSA) is 88.1 Å². The first-order chi connectivity index (χ1) is 17.4. The van der Waals surface area contributed by atoms with Gasteiger partial charge in [-0.3, -0.25) is 9.69 Å². The lowest BCUT2D eigenvalue weighted by Gasteiger charge is -2.43. The normalized spacial score (nSPS) is 19.7. The van der Waals surface area contributed by atoms with Gasteiger partial charge < -0.3 is 19.9 Å². The molecule has 1 fully saturated rings. The lowest BCUT2D eigenvalue weighted by molar-refractivity contribution is -0.121. The molecular weight excluding hydrogens is 482 g/mol. The number of halogens is 2. The molecule has 1 aliphatic heterocycles. The van der Waals surface area contributed by atoms with Crippen LogP contribution in [0, 0.1) is 11.6 Å². The second-order valence-corrected chi connectivity index (χ2v) is 10.5. The van der Waals surface area contributed by atoms with Crippen molar-refractivity contribution in [2.75, 3.05) is 6.54 Å². The SMILES string of the molecule is CC(=O)N[C@@H](Cc1cc(F)cc(F)c1)[C@@H](O)[C@H]1CC[C@@H](OCc2ccccc2)CN1C(=O)OC(C)(C)C. The number of aliphatic hydroxyl groups excluding tert-OH is 1. The van der Waals surface area contributed by atoms with Crippen molar-refractivity contribution in [3.63, 3.8) is 0 Å². The zero-order chi connectivity index (χ0) is 27.2. The van der Waals surface area contributed by atoms with Gasteiger partial charge in [-0.15, -0.1) is 0 Å². The van der Waals surface area contributed by atoms with E-state index in [0.717, 1.165) is 23.8 Å². The van der Waals surface area contributed by atoms with Crippen molar-refractivity contribution in [2.45, 2.75) is 83.5 Å². The van der Waals surface area contributed by atoms with Crippen molar-refractivity contribution in [1.29, 1.82) is 0 Å². The second kappa shape index (κ2) is 12.5. The maximum Gasteiger partial charge on any atom is 0.410 e. The van der Waals surface area contributed by atoms with E-state index in [1.807, 2.05) is 30.3 Å². The molecule has 2 aromatic carbocycles. The Morgan fingerprint density at radius 1 is 1.08 bits per heavy atom. The number of amides is 2. The standard InChI is InChI=1S/C28H36F2N2O5/c1-18(33)31-24(14-20-12-21(29)15-22(30)13-20)26(34)25-11-10-23(36-17-19-8-6-5-7-9-19)16-32(25)27(35)37-28(2,3)4/h5-9,12-13,15,23-26,34H,10-11,14,16-17H2,1-4H3,(H,31,33)/t23-,24+,25-,26-/m1/s1. The number of hydrogen-bond acceptors (Lipinski definition) is 5. The summed E-state index contributed by atoms with van der Waals surface area (Å²) in [5, 5.41) is 14.1. The van der Waals surface area contributed by atoms with Gasteiger partial charge >= 0.3 is 6.09 Å². The number of piperidine rings is 1. The number of aliphatic hydroxyl groups is 1. The third kappa shape index (κ3) is 8.79. The molecule has 0 aliphatic carbocycles. The molecule has 4 atom stereocenters. The number of nitrogens with zero attached hydrogens (tertiary/aromatic N) is 1. The number of likely N-dealkylation sites (tertiary alicyclic amines) is 1. The van der Waals surface area contributed by atoms with Crippen LogP contribution in [0.5, 0.6) is 0 Å². The van der Waals surface area contributed by atoms with Crippen LogP contribution in [-0.2, 0) is 27.3 Å². The summed E-state index contributed by atoms with van der Waals surface area (Å²) in [5.41, 5.74) is 0.515. The Morgan fingerprint density at radius 2 is 1.73 bits per heavy atom. The first kappa shape index (κ1) is 28.5. The van der Waals surface area contributed by atoms with Gasteiger partial charge in [0.25, 0.3) is 0 Å². The van der Waals surface area contributed by atoms with Gasteiger partial charge in [0.05, 0.1) is 37.4 Å². The Morgan fingerprint density at radius 3 is 2.32 bits per heavy atom. The Labute approximate surface area is 216 Å². The molecular formula is C28H36F2N2O5. The summed E-state index contributed by atoms with van der Waals surface area (Å²) in [6.45, 7) is 7.12. The Hall–Kier alpha value is -3.04. The van der Waals surface area contributed by atoms with Crippen molar-refractivity contribution in [2.24, 2.45) is 0 Å². The summed E-state index contributed by atoms with van der Waals surface area (Å²) >= 11 is 0. The number of carbonyl (C=O) groups excluding carboxylic acids is 2. The number of hydrogen-bond donors (Lipinski definition) is 2. The zero-order valence-corrected chi connectivity index (χ0v) is 21.7. The predicted molar refractivity (Wildman–Crippen MR) is 135 cm³/mol. The highest BCUT2D eigenvalue weighted by molar-refractivity contribution is 5.73. The molecule has 0 spiro atoms. The fraction of sp³-hybridized carbons (Fsp3) is 0.500. The van der Waals surface area contributed by atoms with E-state index >= 15 is 0 Å². The van der Waals surface area contributed by atoms with Gasteiger partial charge in [-0.05, 0) is 63.3 Å². The molecule has 0 saturated carbocycles. The molecule has 0 radical (unpaired) electrons. The Kier molecular flexibility index (Phi) is 9.62. The molecule has 0 bridgehead atoms. The van der Waals surface area contributed by atoms with Crippen LogP contribution < -0.4 is 5.32 Å². The fourth-order valence-corrected chi connectivity index (χ4v) is 4.54. The quantitative estimate of drug-likeness (QED) is 0.542. The Bertz CT molecular complexity index is 1040. The van der Waals surface area contributed by atoms with Crippen LogP contribution in [0.2, 0.25) is 0 Å². The molecule has 1 aliphatic rings. The van der Waals surface area contributed by atoms with Crippen LogP contribution in [0.25, 0.3) is 0 Å². The molecule has 7 nitrogen and oxygen atoms in total. The first-order valence-electron chi connectivity index (χ1n) is 12.5. The van der Waals surface area contributed by atoms with E-state index in [1.54, 1.807) is 20.8 Å². The average Bonchev–Trinajstić information content (AvgIpc) is 2.80. The maximum absolute atomic E-state index is 13.8. The third-order valence-electron chi connectivity index (χ3n) is 6.11. The van der Waals surface area contributed by atoms with Crippen molar-refractivity contribution in [1.82, 2.24) is 10.2 Å². The van der Waals surface area contributed by atoms with Crippen LogP contribution in [0.15, 0.2) is 48.5 Å². The molecule has 1 heterocycles. The molecule has 0 unspecified atom stereocenters. The van der Waals surface area contributed by atoms with E-state index in [-0.39, 0.29) is 24.6 Å². The van der Waals surface area contributed by atoms with Gasteiger partial charge in [0.2, 0.25) is 5.91 Å². The highest BCUT2D eigenvalue weighted by atomic mass is 19.1. The smallest absolute Gasteiger partial charge is 0.410 e. The summed E-state index contributed by atoms with van der Waals surface area (Å²) in [4.78, 5) is 26.6. The van der Waals surface area contributed by atoms with Crippen LogP contribution in [0.3, 0.4) is 0 Å². The van der Waals surface area contributed by atoms with Gasteiger partial charge in [0.15, 0.2) is 0 Å². The van der Waals surface area contributed by atoms with Crippen LogP contribution in [-0.4, -0.2) is 58.4 Å². The van der Waals surface area contributed by atoms with Gasteiger partial charge in [-0.25, -0.2) is 13.6 Å². The largest absolute Gasteiger partial charge is 0.444 e. The molecule has 37 heavy (non-hydrogen) atoms. The van der Waals surface area contributed by atoms with E-state index in [4.69, 9.17) is 9.47 Å². The molecule has 2 aromatic rings. The lowest BCUT2D eigenvalue weighted by atomic mass is 9.89. The fourth-order valence-electron chi connectivity index (χ4n) is 4.54. The second-order valence-electron chi connectivity index (χ2n) is 10.5. The van der Waals surface area contributed by atoms with Crippen molar-refractivity contribution in [3.8, 4) is 0 Å². The molecule has 3 rings (SSSR count). The maximum atomic E-state index is 13.8. The molecule has 0 aromatic heterocycles. The predicted octanol–water partition coefficient (Wildman–Crippen LogP) is 4.36. The molecule has 2 amide bonds. The summed E-state index contributed by atoms with van der Waals surface area (Å²) in [6, 6.07) is 11.1. The lowest BCUT2D eigenvalue weighted by Crippen LogP contribution is -2.60. The van der Waals surface area contributed by atoms with E-state index in [2.05, 4.69) is 5.32 Å². The number of rotatable bonds is 8. The van der Waals surface area contributed by atoms with Crippen LogP contribution in [0.4, 0.5) is 13.6 Å². The average molecular weight is 519 g/mol. The summed E-state index contributed by atoms with van der Waals surface area (Å²) in [6.07, 6.45) is -1.20. The van der Waals surface area contributed by atoms with Gasteiger partial charge in [-0.2, -0.15) is 0 Å². The van der Waals surface area contributed by atoms with Crippen LogP contribution in [0.1, 0.15) is 51.7 Å². The summed E-state index contributed by atoms with van der Waals surface area (Å²) < 4.78 is 39.3. The summed E-state index contributed by atoms with van der Waals surface area (Å²) in [5.74, 6) is -1.92. The van der Waals surface area contributed by atoms with E-state index in [9.17, 15) is 23.5 Å². The van der Waals surface area contributed by atoms with Crippen molar-refractivity contribution < 1.29 is 33.0 Å². The van der Waals surface area contributed by atoms with Gasteiger partial charge in [0, 0.05) is 13.0 Å². The van der Waals surface area contributed by atoms with Crippen LogP contribution >= 0.6 is 0 Å². The molecule has 202 valence electrons. The minimum Gasteiger partial charge on any atom is -0.444 e. The van der Waals surface area contributed by atoms with E-state index in [0.29, 0.717) is 19.4 Å². The minimum absolute atomic E-state index is 0.0258. The van der Waals surface area contributed by atoms with Gasteiger partial charge in [-0.1, -0.05) is 30.3 Å². The van der Waals surface area contributed by atoms with Crippen molar-refractivity contribution >= 4 is 12.0 Å². The molecule has 1 saturated heterocycles. The van der Waals surface area contributed by atoms with E-state index in [1.165, 1.54) is 11.8 Å². The number of benzene rings is 2. The minimum atomic E-state index is -1.22. The van der Waals surface area contributed by atoms with Crippen molar-refractivity contribution in [3.05, 3.63) is 71.3 Å². The first-order valence-corrected chi connectivity index (χ1v) is 12.5.